The second kappa shape index (κ2) is 9.42. The summed E-state index contributed by atoms with van der Waals surface area (Å²) in [7, 11) is 0. The van der Waals surface area contributed by atoms with E-state index in [9.17, 15) is 4.79 Å². The number of aromatic nitrogens is 1. The van der Waals surface area contributed by atoms with Gasteiger partial charge in [0.2, 0.25) is 5.91 Å². The lowest BCUT2D eigenvalue weighted by Crippen LogP contribution is -2.39. The van der Waals surface area contributed by atoms with Crippen molar-refractivity contribution in [1.29, 1.82) is 0 Å². The van der Waals surface area contributed by atoms with Crippen LogP contribution in [0.5, 0.6) is 0 Å². The number of carbonyl (C=O) groups excluding carboxylic acids is 1. The molecule has 4 nitrogen and oxygen atoms in total. The SMILES string of the molecule is CSN1CC(c2ncc(-c3ccc(CNC(=O)CCC4CCCC4)cc3)s2)C1. The molecule has 0 spiro atoms. The summed E-state index contributed by atoms with van der Waals surface area (Å²) in [4.78, 5) is 18.0. The highest BCUT2D eigenvalue weighted by atomic mass is 32.2. The molecule has 1 amide bonds. The molecular weight excluding hydrogens is 386 g/mol. The predicted molar refractivity (Wildman–Crippen MR) is 118 cm³/mol. The predicted octanol–water partition coefficient (Wildman–Crippen LogP) is 5.07. The third-order valence-electron chi connectivity index (χ3n) is 5.96. The van der Waals surface area contributed by atoms with Gasteiger partial charge in [-0.1, -0.05) is 61.9 Å². The molecular formula is C22H29N3OS2. The van der Waals surface area contributed by atoms with Crippen LogP contribution in [0.25, 0.3) is 10.4 Å². The van der Waals surface area contributed by atoms with Crippen LogP contribution in [0.15, 0.2) is 30.5 Å². The molecule has 1 aromatic carbocycles. The van der Waals surface area contributed by atoms with Gasteiger partial charge in [-0.05, 0) is 29.7 Å². The maximum atomic E-state index is 12.1. The van der Waals surface area contributed by atoms with E-state index in [0.29, 0.717) is 18.9 Å². The minimum atomic E-state index is 0.183. The normalized spacial score (nSPS) is 18.3. The second-order valence-electron chi connectivity index (χ2n) is 7.95. The summed E-state index contributed by atoms with van der Waals surface area (Å²) in [6, 6.07) is 8.52. The van der Waals surface area contributed by atoms with E-state index in [1.165, 1.54) is 41.1 Å². The first kappa shape index (κ1) is 19.9. The lowest BCUT2D eigenvalue weighted by molar-refractivity contribution is -0.121. The van der Waals surface area contributed by atoms with Crippen molar-refractivity contribution in [3.05, 3.63) is 41.0 Å². The standard InChI is InChI=1S/C22H29N3OS2/c1-27-25-14-19(15-25)22-24-13-20(28-22)18-9-6-17(7-10-18)12-23-21(26)11-8-16-4-2-3-5-16/h6-7,9-10,13,16,19H,2-5,8,11-12,14-15H2,1H3,(H,23,26). The lowest BCUT2D eigenvalue weighted by Gasteiger charge is -2.35. The summed E-state index contributed by atoms with van der Waals surface area (Å²) in [6.45, 7) is 2.82. The Bertz CT molecular complexity index is 777. The van der Waals surface area contributed by atoms with Gasteiger partial charge in [-0.3, -0.25) is 4.79 Å². The van der Waals surface area contributed by atoms with Gasteiger partial charge in [0.15, 0.2) is 0 Å². The number of amides is 1. The van der Waals surface area contributed by atoms with Crippen molar-refractivity contribution < 1.29 is 4.79 Å². The van der Waals surface area contributed by atoms with Crippen LogP contribution in [0.2, 0.25) is 0 Å². The van der Waals surface area contributed by atoms with Gasteiger partial charge in [-0.15, -0.1) is 11.3 Å². The molecule has 2 aromatic rings. The smallest absolute Gasteiger partial charge is 0.220 e. The third kappa shape index (κ3) is 4.97. The van der Waals surface area contributed by atoms with Crippen LogP contribution in [-0.4, -0.2) is 34.5 Å². The molecule has 0 atom stereocenters. The summed E-state index contributed by atoms with van der Waals surface area (Å²) >= 11 is 3.62. The van der Waals surface area contributed by atoms with Gasteiger partial charge in [0.25, 0.3) is 0 Å². The molecule has 1 N–H and O–H groups in total. The van der Waals surface area contributed by atoms with E-state index >= 15 is 0 Å². The van der Waals surface area contributed by atoms with E-state index in [4.69, 9.17) is 0 Å². The van der Waals surface area contributed by atoms with Crippen LogP contribution in [0.4, 0.5) is 0 Å². The van der Waals surface area contributed by atoms with Crippen LogP contribution in [0.3, 0.4) is 0 Å². The molecule has 0 radical (unpaired) electrons. The quantitative estimate of drug-likeness (QED) is 0.611. The minimum absolute atomic E-state index is 0.183. The molecule has 2 fully saturated rings. The molecule has 2 aliphatic rings. The van der Waals surface area contributed by atoms with Gasteiger partial charge >= 0.3 is 0 Å². The average molecular weight is 416 g/mol. The fraction of sp³-hybridized carbons (Fsp3) is 0.545. The van der Waals surface area contributed by atoms with E-state index in [-0.39, 0.29) is 5.91 Å². The molecule has 1 aliphatic carbocycles. The van der Waals surface area contributed by atoms with Crippen LogP contribution in [0, 0.1) is 5.92 Å². The first-order valence-electron chi connectivity index (χ1n) is 10.3. The van der Waals surface area contributed by atoms with Crippen molar-refractivity contribution in [2.45, 2.75) is 51.0 Å². The number of benzene rings is 1. The Morgan fingerprint density at radius 1 is 1.25 bits per heavy atom. The van der Waals surface area contributed by atoms with Crippen molar-refractivity contribution in [1.82, 2.24) is 14.6 Å². The monoisotopic (exact) mass is 415 g/mol. The van der Waals surface area contributed by atoms with Gasteiger partial charge in [-0.25, -0.2) is 9.29 Å². The number of nitrogens with one attached hydrogen (secondary N) is 1. The molecule has 0 unspecified atom stereocenters. The lowest BCUT2D eigenvalue weighted by atomic mass is 10.0. The molecule has 1 aliphatic heterocycles. The molecule has 150 valence electrons. The fourth-order valence-electron chi connectivity index (χ4n) is 4.06. The molecule has 28 heavy (non-hydrogen) atoms. The number of hydrogen-bond donors (Lipinski definition) is 1. The van der Waals surface area contributed by atoms with Crippen LogP contribution >= 0.6 is 23.3 Å². The summed E-state index contributed by atoms with van der Waals surface area (Å²) in [5, 5.41) is 4.32. The van der Waals surface area contributed by atoms with Gasteiger partial charge in [-0.2, -0.15) is 0 Å². The first-order valence-corrected chi connectivity index (χ1v) is 12.3. The summed E-state index contributed by atoms with van der Waals surface area (Å²) in [5.74, 6) is 1.55. The zero-order valence-electron chi connectivity index (χ0n) is 16.5. The van der Waals surface area contributed by atoms with E-state index in [1.807, 2.05) is 29.5 Å². The Labute approximate surface area is 176 Å². The highest BCUT2D eigenvalue weighted by molar-refractivity contribution is 7.96. The average Bonchev–Trinajstić information content (AvgIpc) is 3.37. The molecule has 4 rings (SSSR count). The fourth-order valence-corrected chi connectivity index (χ4v) is 5.73. The van der Waals surface area contributed by atoms with Crippen LogP contribution in [-0.2, 0) is 11.3 Å². The van der Waals surface area contributed by atoms with E-state index in [0.717, 1.165) is 31.0 Å². The zero-order valence-corrected chi connectivity index (χ0v) is 18.2. The number of hydrogen-bond acceptors (Lipinski definition) is 5. The Kier molecular flexibility index (Phi) is 6.70. The largest absolute Gasteiger partial charge is 0.352 e. The summed E-state index contributed by atoms with van der Waals surface area (Å²) in [6.07, 6.45) is 11.2. The van der Waals surface area contributed by atoms with Gasteiger partial charge < -0.3 is 5.32 Å². The second-order valence-corrected chi connectivity index (χ2v) is 9.90. The molecule has 0 bridgehead atoms. The van der Waals surface area contributed by atoms with Crippen molar-refractivity contribution >= 4 is 29.2 Å². The zero-order chi connectivity index (χ0) is 19.3. The Morgan fingerprint density at radius 3 is 2.71 bits per heavy atom. The third-order valence-corrected chi connectivity index (χ3v) is 7.99. The molecule has 1 aromatic heterocycles. The molecule has 6 heteroatoms. The number of nitrogens with zero attached hydrogens (tertiary/aromatic N) is 2. The maximum Gasteiger partial charge on any atom is 0.220 e. The molecule has 1 saturated heterocycles. The van der Waals surface area contributed by atoms with Crippen molar-refractivity contribution in [3.8, 4) is 10.4 Å². The number of thiazole rings is 1. The Morgan fingerprint density at radius 2 is 2.00 bits per heavy atom. The first-order chi connectivity index (χ1) is 13.7. The highest BCUT2D eigenvalue weighted by Crippen LogP contribution is 2.36. The van der Waals surface area contributed by atoms with Crippen molar-refractivity contribution in [3.63, 3.8) is 0 Å². The van der Waals surface area contributed by atoms with Crippen LogP contribution < -0.4 is 5.32 Å². The van der Waals surface area contributed by atoms with Gasteiger partial charge in [0.05, 0.1) is 9.88 Å². The minimum Gasteiger partial charge on any atom is -0.352 e. The molecule has 1 saturated carbocycles. The Balaban J connectivity index is 1.24. The summed E-state index contributed by atoms with van der Waals surface area (Å²) in [5.41, 5.74) is 2.36. The highest BCUT2D eigenvalue weighted by Gasteiger charge is 2.29. The van der Waals surface area contributed by atoms with Gasteiger partial charge in [0.1, 0.15) is 0 Å². The molecule has 2 heterocycles. The Hall–Kier alpha value is -1.37. The van der Waals surface area contributed by atoms with E-state index in [1.54, 1.807) is 0 Å². The van der Waals surface area contributed by atoms with E-state index in [2.05, 4.69) is 45.1 Å². The van der Waals surface area contributed by atoms with Crippen molar-refractivity contribution in [2.75, 3.05) is 19.3 Å². The number of carbonyl (C=O) groups is 1. The number of rotatable bonds is 8. The summed E-state index contributed by atoms with van der Waals surface area (Å²) < 4.78 is 2.36. The maximum absolute atomic E-state index is 12.1. The van der Waals surface area contributed by atoms with Gasteiger partial charge in [0, 0.05) is 38.2 Å². The van der Waals surface area contributed by atoms with Crippen LogP contribution in [0.1, 0.15) is 55.0 Å². The topological polar surface area (TPSA) is 45.2 Å². The van der Waals surface area contributed by atoms with Crippen molar-refractivity contribution in [2.24, 2.45) is 5.92 Å². The van der Waals surface area contributed by atoms with E-state index < -0.39 is 0 Å².